The first-order chi connectivity index (χ1) is 11.2. The molecule has 4 heteroatoms. The highest BCUT2D eigenvalue weighted by molar-refractivity contribution is 9.10. The zero-order valence-corrected chi connectivity index (χ0v) is 14.2. The van der Waals surface area contributed by atoms with Crippen LogP contribution in [0.15, 0.2) is 46.9 Å². The van der Waals surface area contributed by atoms with E-state index < -0.39 is 6.10 Å². The Balaban J connectivity index is 1.76. The van der Waals surface area contributed by atoms with E-state index >= 15 is 0 Å². The third-order valence-corrected chi connectivity index (χ3v) is 4.54. The van der Waals surface area contributed by atoms with Crippen LogP contribution in [0.1, 0.15) is 22.7 Å². The molecule has 2 aromatic rings. The van der Waals surface area contributed by atoms with Crippen molar-refractivity contribution in [2.75, 3.05) is 6.61 Å². The molecule has 118 valence electrons. The molecular weight excluding hydrogens is 354 g/mol. The summed E-state index contributed by atoms with van der Waals surface area (Å²) in [6.07, 6.45) is 5.55. The first-order valence-electron chi connectivity index (χ1n) is 7.53. The van der Waals surface area contributed by atoms with Crippen LogP contribution in [0.3, 0.4) is 0 Å². The van der Waals surface area contributed by atoms with Crippen LogP contribution in [-0.2, 0) is 13.0 Å². The zero-order valence-electron chi connectivity index (χ0n) is 12.6. The standard InChI is InChI=1S/C19H18BrNO2/c1-2-9-23-18-8-7-15(20)10-14(18)12-21-19-16-6-4-3-5-13(16)11-17(19)22/h1,3-8,10,17,19,21-22H,9,11-12H2/t17-,19+/m0/s1. The molecule has 0 heterocycles. The lowest BCUT2D eigenvalue weighted by atomic mass is 10.1. The van der Waals surface area contributed by atoms with Crippen LogP contribution in [-0.4, -0.2) is 17.8 Å². The molecule has 0 spiro atoms. The molecular formula is C19H18BrNO2. The van der Waals surface area contributed by atoms with Crippen molar-refractivity contribution in [3.63, 3.8) is 0 Å². The average Bonchev–Trinajstić information content (AvgIpc) is 2.87. The molecule has 0 saturated carbocycles. The molecule has 0 bridgehead atoms. The van der Waals surface area contributed by atoms with Gasteiger partial charge in [0.05, 0.1) is 12.1 Å². The van der Waals surface area contributed by atoms with Crippen LogP contribution in [0, 0.1) is 12.3 Å². The zero-order chi connectivity index (χ0) is 16.2. The van der Waals surface area contributed by atoms with E-state index in [9.17, 15) is 5.11 Å². The molecule has 0 aromatic heterocycles. The lowest BCUT2D eigenvalue weighted by Crippen LogP contribution is -2.28. The van der Waals surface area contributed by atoms with Gasteiger partial charge in [0.25, 0.3) is 0 Å². The van der Waals surface area contributed by atoms with E-state index in [0.29, 0.717) is 13.0 Å². The second-order valence-corrected chi connectivity index (χ2v) is 6.49. The molecule has 1 aliphatic rings. The summed E-state index contributed by atoms with van der Waals surface area (Å²) in [6, 6.07) is 13.9. The molecule has 0 unspecified atom stereocenters. The Labute approximate surface area is 144 Å². The van der Waals surface area contributed by atoms with Gasteiger partial charge in [-0.1, -0.05) is 46.1 Å². The van der Waals surface area contributed by atoms with Crippen LogP contribution in [0.4, 0.5) is 0 Å². The topological polar surface area (TPSA) is 41.5 Å². The Bertz CT molecular complexity index is 738. The van der Waals surface area contributed by atoms with E-state index in [-0.39, 0.29) is 12.6 Å². The van der Waals surface area contributed by atoms with Gasteiger partial charge in [0.15, 0.2) is 0 Å². The van der Waals surface area contributed by atoms with Gasteiger partial charge < -0.3 is 15.2 Å². The van der Waals surface area contributed by atoms with Crippen molar-refractivity contribution in [3.05, 3.63) is 63.6 Å². The second kappa shape index (κ2) is 7.18. The van der Waals surface area contributed by atoms with Crippen molar-refractivity contribution >= 4 is 15.9 Å². The molecule has 0 amide bonds. The van der Waals surface area contributed by atoms with Gasteiger partial charge >= 0.3 is 0 Å². The fourth-order valence-electron chi connectivity index (χ4n) is 2.99. The molecule has 3 nitrogen and oxygen atoms in total. The van der Waals surface area contributed by atoms with Crippen molar-refractivity contribution < 1.29 is 9.84 Å². The van der Waals surface area contributed by atoms with Crippen molar-refractivity contribution in [1.29, 1.82) is 0 Å². The predicted molar refractivity (Wildman–Crippen MR) is 94.2 cm³/mol. The minimum atomic E-state index is -0.408. The van der Waals surface area contributed by atoms with Gasteiger partial charge in [-0.25, -0.2) is 0 Å². The molecule has 0 fully saturated rings. The minimum absolute atomic E-state index is 0.0642. The van der Waals surface area contributed by atoms with Crippen molar-refractivity contribution in [3.8, 4) is 18.1 Å². The molecule has 2 N–H and O–H groups in total. The van der Waals surface area contributed by atoms with E-state index in [0.717, 1.165) is 15.8 Å². The highest BCUT2D eigenvalue weighted by Gasteiger charge is 2.30. The number of benzene rings is 2. The van der Waals surface area contributed by atoms with Crippen LogP contribution < -0.4 is 10.1 Å². The maximum Gasteiger partial charge on any atom is 0.148 e. The monoisotopic (exact) mass is 371 g/mol. The number of aliphatic hydroxyl groups is 1. The second-order valence-electron chi connectivity index (χ2n) is 5.57. The Morgan fingerprint density at radius 3 is 2.96 bits per heavy atom. The third-order valence-electron chi connectivity index (χ3n) is 4.05. The Kier molecular flexibility index (Phi) is 5.02. The Hall–Kier alpha value is -1.80. The molecule has 2 atom stereocenters. The number of halogens is 1. The predicted octanol–water partition coefficient (Wildman–Crippen LogP) is 3.21. The maximum absolute atomic E-state index is 10.3. The van der Waals surface area contributed by atoms with Crippen LogP contribution >= 0.6 is 15.9 Å². The summed E-state index contributed by atoms with van der Waals surface area (Å²) in [5, 5.41) is 13.8. The van der Waals surface area contributed by atoms with Gasteiger partial charge in [0, 0.05) is 23.0 Å². The number of terminal acetylenes is 1. The third kappa shape index (κ3) is 3.59. The summed E-state index contributed by atoms with van der Waals surface area (Å²) >= 11 is 3.48. The normalized spacial score (nSPS) is 19.2. The highest BCUT2D eigenvalue weighted by atomic mass is 79.9. The number of aliphatic hydroxyl groups excluding tert-OH is 1. The summed E-state index contributed by atoms with van der Waals surface area (Å²) in [7, 11) is 0. The smallest absolute Gasteiger partial charge is 0.148 e. The number of hydrogen-bond acceptors (Lipinski definition) is 3. The molecule has 0 saturated heterocycles. The average molecular weight is 372 g/mol. The highest BCUT2D eigenvalue weighted by Crippen LogP contribution is 2.32. The molecule has 0 radical (unpaired) electrons. The molecule has 3 rings (SSSR count). The summed E-state index contributed by atoms with van der Waals surface area (Å²) in [5.41, 5.74) is 3.38. The largest absolute Gasteiger partial charge is 0.481 e. The fourth-order valence-corrected chi connectivity index (χ4v) is 3.39. The number of fused-ring (bicyclic) bond motifs is 1. The summed E-state index contributed by atoms with van der Waals surface area (Å²) in [6.45, 7) is 0.832. The summed E-state index contributed by atoms with van der Waals surface area (Å²) < 4.78 is 6.57. The SMILES string of the molecule is C#CCOc1ccc(Br)cc1CN[C@@H]1c2ccccc2C[C@@H]1O. The fraction of sp³-hybridized carbons (Fsp3) is 0.263. The van der Waals surface area contributed by atoms with Crippen LogP contribution in [0.5, 0.6) is 5.75 Å². The van der Waals surface area contributed by atoms with Gasteiger partial charge in [0.2, 0.25) is 0 Å². The van der Waals surface area contributed by atoms with E-state index in [2.05, 4.69) is 39.3 Å². The number of rotatable bonds is 5. The van der Waals surface area contributed by atoms with E-state index in [1.807, 2.05) is 30.3 Å². The van der Waals surface area contributed by atoms with Gasteiger partial charge in [0.1, 0.15) is 12.4 Å². The lowest BCUT2D eigenvalue weighted by Gasteiger charge is -2.19. The van der Waals surface area contributed by atoms with Gasteiger partial charge in [-0.15, -0.1) is 6.42 Å². The van der Waals surface area contributed by atoms with Crippen LogP contribution in [0.25, 0.3) is 0 Å². The van der Waals surface area contributed by atoms with E-state index in [4.69, 9.17) is 11.2 Å². The molecule has 2 aromatic carbocycles. The van der Waals surface area contributed by atoms with E-state index in [1.165, 1.54) is 11.1 Å². The first kappa shape index (κ1) is 16.1. The summed E-state index contributed by atoms with van der Waals surface area (Å²) in [5.74, 6) is 3.24. The number of hydrogen-bond donors (Lipinski definition) is 2. The first-order valence-corrected chi connectivity index (χ1v) is 8.32. The minimum Gasteiger partial charge on any atom is -0.481 e. The van der Waals surface area contributed by atoms with Crippen molar-refractivity contribution in [2.24, 2.45) is 0 Å². The lowest BCUT2D eigenvalue weighted by molar-refractivity contribution is 0.140. The van der Waals surface area contributed by atoms with Gasteiger partial charge in [-0.05, 0) is 29.3 Å². The molecule has 23 heavy (non-hydrogen) atoms. The number of ether oxygens (including phenoxy) is 1. The summed E-state index contributed by atoms with van der Waals surface area (Å²) in [4.78, 5) is 0. The Morgan fingerprint density at radius 2 is 2.13 bits per heavy atom. The van der Waals surface area contributed by atoms with Crippen molar-refractivity contribution in [2.45, 2.75) is 25.1 Å². The molecule has 0 aliphatic heterocycles. The quantitative estimate of drug-likeness (QED) is 0.792. The Morgan fingerprint density at radius 1 is 1.30 bits per heavy atom. The maximum atomic E-state index is 10.3. The molecule has 1 aliphatic carbocycles. The van der Waals surface area contributed by atoms with Gasteiger partial charge in [-0.3, -0.25) is 0 Å². The number of nitrogens with one attached hydrogen (secondary N) is 1. The van der Waals surface area contributed by atoms with E-state index in [1.54, 1.807) is 0 Å². The van der Waals surface area contributed by atoms with Gasteiger partial charge in [-0.2, -0.15) is 0 Å². The van der Waals surface area contributed by atoms with Crippen molar-refractivity contribution in [1.82, 2.24) is 5.32 Å². The van der Waals surface area contributed by atoms with Crippen LogP contribution in [0.2, 0.25) is 0 Å².